The minimum absolute atomic E-state index is 0.193. The first-order valence-electron chi connectivity index (χ1n) is 39.6. The maximum Gasteiger partial charge on any atom is -0.0210 e. The van der Waals surface area contributed by atoms with E-state index < -0.39 is 0 Å². The molecule has 0 aromatic heterocycles. The van der Waals surface area contributed by atoms with Crippen LogP contribution in [-0.2, 0) is 0 Å². The van der Waals surface area contributed by atoms with Gasteiger partial charge in [-0.3, -0.25) is 0 Å². The van der Waals surface area contributed by atoms with Crippen LogP contribution in [-0.4, -0.2) is 0 Å². The normalized spacial score (nSPS) is 42.6. The van der Waals surface area contributed by atoms with Gasteiger partial charge in [0.05, 0.1) is 0 Å². The van der Waals surface area contributed by atoms with E-state index >= 15 is 0 Å². The fourth-order valence-corrected chi connectivity index (χ4v) is 21.0. The van der Waals surface area contributed by atoms with Gasteiger partial charge in [-0.25, -0.2) is 0 Å². The summed E-state index contributed by atoms with van der Waals surface area (Å²) in [6.07, 6.45) is 66.1. The summed E-state index contributed by atoms with van der Waals surface area (Å²) in [7, 11) is 0. The third kappa shape index (κ3) is 21.8. The Balaban J connectivity index is 2.05. The Morgan fingerprint density at radius 3 is 0.795 bits per heavy atom. The molecule has 0 nitrogen and oxygen atoms in total. The third-order valence-electron chi connectivity index (χ3n) is 30.2. The molecule has 492 valence electrons. The predicted octanol–water partition coefficient (Wildman–Crippen LogP) is 28.8. The van der Waals surface area contributed by atoms with Crippen LogP contribution >= 0.6 is 0 Å². The fraction of sp³-hybridized carbons (Fsp3) is 1.00. The van der Waals surface area contributed by atoms with E-state index in [4.69, 9.17) is 0 Å². The molecule has 6 bridgehead atoms. The van der Waals surface area contributed by atoms with Crippen LogP contribution in [0.5, 0.6) is 0 Å². The van der Waals surface area contributed by atoms with E-state index in [9.17, 15) is 0 Å². The second kappa shape index (κ2) is 39.3. The smallest absolute Gasteiger partial charge is 0.0210 e. The molecule has 4 aliphatic carbocycles. The van der Waals surface area contributed by atoms with E-state index in [1.165, 1.54) is 289 Å². The fourth-order valence-electron chi connectivity index (χ4n) is 21.0. The lowest BCUT2D eigenvalue weighted by Crippen LogP contribution is -2.60. The van der Waals surface area contributed by atoms with Crippen molar-refractivity contribution in [2.45, 2.75) is 414 Å². The second-order valence-corrected chi connectivity index (χ2v) is 34.3. The van der Waals surface area contributed by atoms with E-state index in [1.807, 2.05) is 0 Å². The Kier molecular flexibility index (Phi) is 35.7. The predicted molar refractivity (Wildman–Crippen MR) is 375 cm³/mol. The summed E-state index contributed by atoms with van der Waals surface area (Å²) in [6, 6.07) is 0. The average Bonchev–Trinajstić information content (AvgIpc) is 2.67. The molecule has 4 fully saturated rings. The Morgan fingerprint density at radius 2 is 0.446 bits per heavy atom. The summed E-state index contributed by atoms with van der Waals surface area (Å²) in [5, 5.41) is 0. The van der Waals surface area contributed by atoms with Crippen LogP contribution in [0, 0.1) is 116 Å². The second-order valence-electron chi connectivity index (χ2n) is 34.3. The highest BCUT2D eigenvalue weighted by Gasteiger charge is 2.62. The number of rotatable bonds is 0. The Morgan fingerprint density at radius 1 is 0.205 bits per heavy atom. The Bertz CT molecular complexity index is 1600. The van der Waals surface area contributed by atoms with Crippen molar-refractivity contribution in [2.24, 2.45) is 116 Å². The molecule has 0 aromatic rings. The van der Waals surface area contributed by atoms with Gasteiger partial charge in [-0.15, -0.1) is 0 Å². The highest BCUT2D eigenvalue weighted by atomic mass is 14.7. The largest absolute Gasteiger partial charge is 0.0620 e. The Hall–Kier alpha value is 0. The molecule has 0 N–H and O–H groups in total. The average molecular weight is 1160 g/mol. The van der Waals surface area contributed by atoms with Gasteiger partial charge >= 0.3 is 0 Å². The summed E-state index contributed by atoms with van der Waals surface area (Å²) < 4.78 is 0. The maximum absolute atomic E-state index is 3.01. The van der Waals surface area contributed by atoms with Crippen LogP contribution in [0.15, 0.2) is 0 Å². The molecule has 0 heterocycles. The van der Waals surface area contributed by atoms with Crippen molar-refractivity contribution in [1.29, 1.82) is 0 Å². The monoisotopic (exact) mass is 1160 g/mol. The van der Waals surface area contributed by atoms with Gasteiger partial charge in [-0.05, 0) is 148 Å². The van der Waals surface area contributed by atoms with Crippen LogP contribution in [0.25, 0.3) is 0 Å². The lowest BCUT2D eigenvalue weighted by Gasteiger charge is -2.67. The zero-order valence-corrected chi connectivity index (χ0v) is 61.1. The molecule has 4 aliphatic rings. The molecule has 0 amide bonds. The summed E-state index contributed by atoms with van der Waals surface area (Å²) in [5.41, 5.74) is 0.968. The van der Waals surface area contributed by atoms with Gasteiger partial charge in [0.15, 0.2) is 0 Å². The molecular formula is C83H160. The van der Waals surface area contributed by atoms with Crippen LogP contribution in [0.4, 0.5) is 0 Å². The summed E-state index contributed by atoms with van der Waals surface area (Å²) >= 11 is 0. The van der Waals surface area contributed by atoms with Gasteiger partial charge < -0.3 is 0 Å². The van der Waals surface area contributed by atoms with Crippen LogP contribution in [0.3, 0.4) is 0 Å². The van der Waals surface area contributed by atoms with E-state index in [0.29, 0.717) is 40.9 Å². The molecule has 0 radical (unpaired) electrons. The minimum atomic E-state index is 0.193. The molecule has 0 aromatic carbocycles. The zero-order valence-electron chi connectivity index (χ0n) is 61.1. The third-order valence-corrected chi connectivity index (χ3v) is 30.2. The molecule has 0 spiro atoms. The van der Waals surface area contributed by atoms with Gasteiger partial charge in [0.1, 0.15) is 0 Å². The highest BCUT2D eigenvalue weighted by Crippen LogP contribution is 2.70. The molecule has 4 saturated carbocycles. The molecule has 4 rings (SSSR count). The van der Waals surface area contributed by atoms with Crippen molar-refractivity contribution < 1.29 is 0 Å². The molecule has 0 aliphatic heterocycles. The van der Waals surface area contributed by atoms with Crippen molar-refractivity contribution in [1.82, 2.24) is 0 Å². The summed E-state index contributed by atoms with van der Waals surface area (Å²) in [5.74, 6) is 12.1. The standard InChI is InChI=1S/C83H160/c1-64-56-48-40-32-24-19-20-25-33-41-49-57-77-58-50-42-34-26-21-29-37-45-53-61-81(64,16)83(18)63-55-47-39-31-23-28-36-44-52-60-79(77)78-59-51-43-35-27-22-30-38-46-54-62-82(83,17)80(14,15)76(13)74(11)72(9)70(7)68(5)66(3)65(2)67(4)69(6)71(8)73(10)75(78)12/h64-79H,19-63H2,1-18H3. The van der Waals surface area contributed by atoms with E-state index in [0.717, 1.165) is 59.2 Å². The molecule has 19 atom stereocenters. The topological polar surface area (TPSA) is 0 Å². The molecule has 0 heteroatoms. The van der Waals surface area contributed by atoms with Crippen LogP contribution in [0.1, 0.15) is 414 Å². The Labute approximate surface area is 527 Å². The van der Waals surface area contributed by atoms with Crippen LogP contribution in [0.2, 0.25) is 0 Å². The maximum atomic E-state index is 3.01. The summed E-state index contributed by atoms with van der Waals surface area (Å²) in [4.78, 5) is 0. The van der Waals surface area contributed by atoms with Gasteiger partial charge in [0.25, 0.3) is 0 Å². The number of fused-ring (bicyclic) bond motifs is 40. The minimum Gasteiger partial charge on any atom is -0.0620 e. The first kappa shape index (κ1) is 75.5. The van der Waals surface area contributed by atoms with Gasteiger partial charge in [-0.1, -0.05) is 381 Å². The molecular weight excluding hydrogens is 997 g/mol. The van der Waals surface area contributed by atoms with Crippen molar-refractivity contribution in [3.8, 4) is 0 Å². The van der Waals surface area contributed by atoms with Crippen LogP contribution < -0.4 is 0 Å². The van der Waals surface area contributed by atoms with Crippen molar-refractivity contribution >= 4 is 0 Å². The van der Waals surface area contributed by atoms with E-state index in [-0.39, 0.29) is 16.2 Å². The number of hydrogen-bond donors (Lipinski definition) is 0. The first-order chi connectivity index (χ1) is 39.6. The first-order valence-corrected chi connectivity index (χ1v) is 39.6. The lowest BCUT2D eigenvalue weighted by molar-refractivity contribution is -0.183. The SMILES string of the molecule is CC1C(C)C(C)C(C)C(C)C(C)C2CCCCCCCCCCCC(C)(C(C)(C)C(C)C(C)C(C)C(C)C(C)C1C)C1(C)CCCCCCCCCCCC2C2CCCCCCCCCCCCC(C)C1(C)CCCCCCCCCCC2. The van der Waals surface area contributed by atoms with Crippen molar-refractivity contribution in [3.05, 3.63) is 0 Å². The summed E-state index contributed by atoms with van der Waals surface area (Å²) in [6.45, 7) is 50.6. The van der Waals surface area contributed by atoms with Gasteiger partial charge in [0, 0.05) is 0 Å². The number of hydrogen-bond acceptors (Lipinski definition) is 0. The van der Waals surface area contributed by atoms with E-state index in [2.05, 4.69) is 125 Å². The van der Waals surface area contributed by atoms with Gasteiger partial charge in [-0.2, -0.15) is 0 Å². The van der Waals surface area contributed by atoms with Crippen molar-refractivity contribution in [2.75, 3.05) is 0 Å². The zero-order chi connectivity index (χ0) is 61.1. The molecule has 0 saturated heterocycles. The van der Waals surface area contributed by atoms with Crippen molar-refractivity contribution in [3.63, 3.8) is 0 Å². The quantitative estimate of drug-likeness (QED) is 0.227. The van der Waals surface area contributed by atoms with E-state index in [1.54, 1.807) is 0 Å². The molecule has 19 unspecified atom stereocenters. The molecule has 83 heavy (non-hydrogen) atoms. The van der Waals surface area contributed by atoms with Gasteiger partial charge in [0.2, 0.25) is 0 Å². The highest BCUT2D eigenvalue weighted by molar-refractivity contribution is 5.11. The lowest BCUT2D eigenvalue weighted by atomic mass is 9.38.